The summed E-state index contributed by atoms with van der Waals surface area (Å²) in [7, 11) is 0. The Balaban J connectivity index is 0.000000141. The topological polar surface area (TPSA) is 9.86 Å². The lowest BCUT2D eigenvalue weighted by Gasteiger charge is -2.07. The van der Waals surface area contributed by atoms with Crippen molar-refractivity contribution in [1.29, 1.82) is 0 Å². The number of hydrogen-bond donors (Lipinski definition) is 0. The first-order chi connectivity index (χ1) is 17.8. The highest BCUT2D eigenvalue weighted by Crippen LogP contribution is 2.32. The standard InChI is InChI=1S/C20H15N.C14H11N/c1-2-15-12-13-18-17-10-6-7-11-19(17)21(20(18)14-15)16-8-4-3-5-9-16;1-2-15-13-9-5-3-7-11(13)12-8-4-6-10-14(12)15/h2-14H,1H2;2-10H,1H2. The van der Waals surface area contributed by atoms with Gasteiger partial charge in [0.15, 0.2) is 0 Å². The first-order valence-electron chi connectivity index (χ1n) is 12.1. The average molecular weight is 463 g/mol. The van der Waals surface area contributed by atoms with Crippen LogP contribution < -0.4 is 0 Å². The summed E-state index contributed by atoms with van der Waals surface area (Å²) in [4.78, 5) is 0. The Morgan fingerprint density at radius 2 is 0.972 bits per heavy atom. The molecular weight excluding hydrogens is 436 g/mol. The number of rotatable bonds is 3. The zero-order chi connectivity index (χ0) is 24.5. The fraction of sp³-hybridized carbons (Fsp3) is 0. The molecule has 2 heterocycles. The summed E-state index contributed by atoms with van der Waals surface area (Å²) < 4.78 is 4.45. The molecule has 0 aliphatic heterocycles. The summed E-state index contributed by atoms with van der Waals surface area (Å²) in [5.41, 5.74) is 7.22. The minimum atomic E-state index is 1.14. The van der Waals surface area contributed by atoms with Gasteiger partial charge in [-0.05, 0) is 42.0 Å². The van der Waals surface area contributed by atoms with Crippen molar-refractivity contribution in [2.45, 2.75) is 0 Å². The van der Waals surface area contributed by atoms with Gasteiger partial charge in [0.05, 0.1) is 22.1 Å². The third-order valence-corrected chi connectivity index (χ3v) is 6.75. The van der Waals surface area contributed by atoms with Crippen molar-refractivity contribution < 1.29 is 0 Å². The van der Waals surface area contributed by atoms with Gasteiger partial charge in [0, 0.05) is 33.4 Å². The molecule has 0 unspecified atom stereocenters. The second-order valence-corrected chi connectivity index (χ2v) is 8.76. The predicted octanol–water partition coefficient (Wildman–Crippen LogP) is 9.32. The SMILES string of the molecule is C=Cc1ccc2c3ccccc3n(-c3ccccc3)c2c1.C=Cn1c2ccccc2c2ccccc21. The van der Waals surface area contributed by atoms with Crippen molar-refractivity contribution in [3.05, 3.63) is 140 Å². The lowest BCUT2D eigenvalue weighted by Crippen LogP contribution is -1.92. The summed E-state index contributed by atoms with van der Waals surface area (Å²) in [5, 5.41) is 5.13. The number of benzene rings is 5. The molecule has 0 saturated heterocycles. The van der Waals surface area contributed by atoms with Crippen molar-refractivity contribution in [3.63, 3.8) is 0 Å². The molecule has 0 saturated carbocycles. The molecule has 0 atom stereocenters. The van der Waals surface area contributed by atoms with E-state index in [1.165, 1.54) is 49.3 Å². The Bertz CT molecular complexity index is 1810. The summed E-state index contributed by atoms with van der Waals surface area (Å²) >= 11 is 0. The van der Waals surface area contributed by atoms with Crippen LogP contribution in [-0.2, 0) is 0 Å². The van der Waals surface area contributed by atoms with Crippen molar-refractivity contribution in [1.82, 2.24) is 9.13 Å². The number of nitrogens with zero attached hydrogens (tertiary/aromatic N) is 2. The molecule has 2 heteroatoms. The molecule has 0 spiro atoms. The molecule has 172 valence electrons. The van der Waals surface area contributed by atoms with E-state index in [0.29, 0.717) is 0 Å². The maximum Gasteiger partial charge on any atom is 0.0547 e. The lowest BCUT2D eigenvalue weighted by atomic mass is 10.1. The quantitative estimate of drug-likeness (QED) is 0.248. The smallest absolute Gasteiger partial charge is 0.0547 e. The fourth-order valence-electron chi connectivity index (χ4n) is 5.12. The zero-order valence-electron chi connectivity index (χ0n) is 20.0. The van der Waals surface area contributed by atoms with Crippen LogP contribution in [0.5, 0.6) is 0 Å². The number of aromatic nitrogens is 2. The lowest BCUT2D eigenvalue weighted by molar-refractivity contribution is 1.18. The van der Waals surface area contributed by atoms with Gasteiger partial charge in [-0.3, -0.25) is 0 Å². The maximum atomic E-state index is 3.88. The number of fused-ring (bicyclic) bond motifs is 6. The van der Waals surface area contributed by atoms with E-state index in [4.69, 9.17) is 0 Å². The van der Waals surface area contributed by atoms with Crippen LogP contribution in [0.15, 0.2) is 134 Å². The molecular formula is C34H26N2. The Morgan fingerprint density at radius 1 is 0.472 bits per heavy atom. The van der Waals surface area contributed by atoms with Crippen molar-refractivity contribution in [2.24, 2.45) is 0 Å². The third kappa shape index (κ3) is 3.52. The van der Waals surface area contributed by atoms with Gasteiger partial charge in [0.25, 0.3) is 0 Å². The number of para-hydroxylation sites is 4. The number of hydrogen-bond acceptors (Lipinski definition) is 0. The predicted molar refractivity (Wildman–Crippen MR) is 157 cm³/mol. The molecule has 0 radical (unpaired) electrons. The molecule has 0 aliphatic rings. The second kappa shape index (κ2) is 9.09. The van der Waals surface area contributed by atoms with Gasteiger partial charge < -0.3 is 9.13 Å². The van der Waals surface area contributed by atoms with Crippen molar-refractivity contribution in [3.8, 4) is 5.69 Å². The highest BCUT2D eigenvalue weighted by Gasteiger charge is 2.11. The summed E-state index contributed by atoms with van der Waals surface area (Å²) in [6.07, 6.45) is 3.76. The summed E-state index contributed by atoms with van der Waals surface area (Å²) in [5.74, 6) is 0. The van der Waals surface area contributed by atoms with Gasteiger partial charge in [-0.2, -0.15) is 0 Å². The van der Waals surface area contributed by atoms with Crippen LogP contribution >= 0.6 is 0 Å². The Morgan fingerprint density at radius 3 is 1.56 bits per heavy atom. The van der Waals surface area contributed by atoms with Crippen LogP contribution in [0.2, 0.25) is 0 Å². The molecule has 2 aromatic heterocycles. The minimum Gasteiger partial charge on any atom is -0.317 e. The molecule has 0 aliphatic carbocycles. The summed E-state index contributed by atoms with van der Waals surface area (Å²) in [6, 6.07) is 42.4. The van der Waals surface area contributed by atoms with Gasteiger partial charge in [-0.15, -0.1) is 0 Å². The Labute approximate surface area is 210 Å². The van der Waals surface area contributed by atoms with E-state index < -0.39 is 0 Å². The minimum absolute atomic E-state index is 1.14. The van der Waals surface area contributed by atoms with Crippen LogP contribution in [0.4, 0.5) is 0 Å². The van der Waals surface area contributed by atoms with Gasteiger partial charge in [-0.25, -0.2) is 0 Å². The Hall–Kier alpha value is -4.82. The molecule has 36 heavy (non-hydrogen) atoms. The Kier molecular flexibility index (Phi) is 5.48. The van der Waals surface area contributed by atoms with E-state index in [1.807, 2.05) is 18.3 Å². The van der Waals surface area contributed by atoms with E-state index in [0.717, 1.165) is 5.56 Å². The van der Waals surface area contributed by atoms with Crippen molar-refractivity contribution >= 4 is 55.9 Å². The van der Waals surface area contributed by atoms with E-state index in [2.05, 4.69) is 138 Å². The molecule has 5 aromatic carbocycles. The zero-order valence-corrected chi connectivity index (χ0v) is 20.0. The van der Waals surface area contributed by atoms with Crippen LogP contribution in [-0.4, -0.2) is 9.13 Å². The monoisotopic (exact) mass is 462 g/mol. The van der Waals surface area contributed by atoms with Gasteiger partial charge in [0.2, 0.25) is 0 Å². The molecule has 0 bridgehead atoms. The first kappa shape index (κ1) is 21.7. The second-order valence-electron chi connectivity index (χ2n) is 8.76. The largest absolute Gasteiger partial charge is 0.317 e. The summed E-state index contributed by atoms with van der Waals surface area (Å²) in [6.45, 7) is 7.75. The highest BCUT2D eigenvalue weighted by molar-refractivity contribution is 6.10. The fourth-order valence-corrected chi connectivity index (χ4v) is 5.12. The van der Waals surface area contributed by atoms with Crippen LogP contribution in [0.25, 0.3) is 61.6 Å². The van der Waals surface area contributed by atoms with Gasteiger partial charge in [-0.1, -0.05) is 104 Å². The van der Waals surface area contributed by atoms with Crippen LogP contribution in [0, 0.1) is 0 Å². The average Bonchev–Trinajstić information content (AvgIpc) is 3.46. The van der Waals surface area contributed by atoms with Crippen LogP contribution in [0.1, 0.15) is 5.56 Å². The molecule has 7 aromatic rings. The van der Waals surface area contributed by atoms with Gasteiger partial charge >= 0.3 is 0 Å². The van der Waals surface area contributed by atoms with Crippen molar-refractivity contribution in [2.75, 3.05) is 0 Å². The maximum absolute atomic E-state index is 3.88. The highest BCUT2D eigenvalue weighted by atomic mass is 15.0. The normalized spacial score (nSPS) is 11.0. The molecule has 0 amide bonds. The van der Waals surface area contributed by atoms with Crippen LogP contribution in [0.3, 0.4) is 0 Å². The third-order valence-electron chi connectivity index (χ3n) is 6.75. The van der Waals surface area contributed by atoms with E-state index >= 15 is 0 Å². The van der Waals surface area contributed by atoms with E-state index in [1.54, 1.807) is 0 Å². The molecule has 2 nitrogen and oxygen atoms in total. The first-order valence-corrected chi connectivity index (χ1v) is 12.1. The molecule has 0 fully saturated rings. The van der Waals surface area contributed by atoms with E-state index in [-0.39, 0.29) is 0 Å². The van der Waals surface area contributed by atoms with Gasteiger partial charge in [0.1, 0.15) is 0 Å². The molecule has 0 N–H and O–H groups in total. The molecule has 7 rings (SSSR count). The van der Waals surface area contributed by atoms with E-state index in [9.17, 15) is 0 Å².